The van der Waals surface area contributed by atoms with Crippen LogP contribution in [0.15, 0.2) is 85.1 Å². The highest BCUT2D eigenvalue weighted by atomic mass is 35.5. The first-order valence-corrected chi connectivity index (χ1v) is 13.0. The standard InChI is InChI=1S/C30H29ClF3N3S/c1-21-8-11-24(22(2)17-21)19-36-15-4-7-28(36)20-37(16-14-23-9-12-26(31)13-10-23)29(38)35-27-6-3-5-25(18-27)30(32,33)34/h3-13,15,17-18H,14,16,19-20H2,1-2H3,(H,35,38). The zero-order valence-electron chi connectivity index (χ0n) is 21.2. The Hall–Kier alpha value is -3.29. The third kappa shape index (κ3) is 7.39. The lowest BCUT2D eigenvalue weighted by molar-refractivity contribution is -0.137. The van der Waals surface area contributed by atoms with E-state index in [0.717, 1.165) is 23.4 Å². The van der Waals surface area contributed by atoms with Gasteiger partial charge in [-0.3, -0.25) is 0 Å². The number of nitrogens with one attached hydrogen (secondary N) is 1. The third-order valence-corrected chi connectivity index (χ3v) is 7.04. The lowest BCUT2D eigenvalue weighted by Gasteiger charge is -2.27. The van der Waals surface area contributed by atoms with Crippen LogP contribution in [0.4, 0.5) is 18.9 Å². The average Bonchev–Trinajstić information content (AvgIpc) is 3.30. The molecule has 0 spiro atoms. The Bertz CT molecular complexity index is 1400. The van der Waals surface area contributed by atoms with Gasteiger partial charge < -0.3 is 14.8 Å². The number of alkyl halides is 3. The maximum Gasteiger partial charge on any atom is 0.416 e. The number of aryl methyl sites for hydroxylation is 2. The van der Waals surface area contributed by atoms with Crippen LogP contribution in [-0.4, -0.2) is 21.1 Å². The van der Waals surface area contributed by atoms with Crippen molar-refractivity contribution in [3.8, 4) is 0 Å². The molecule has 0 atom stereocenters. The van der Waals surface area contributed by atoms with Gasteiger partial charge in [-0.05, 0) is 91.6 Å². The van der Waals surface area contributed by atoms with E-state index >= 15 is 0 Å². The molecule has 0 saturated heterocycles. The molecule has 1 N–H and O–H groups in total. The van der Waals surface area contributed by atoms with Crippen LogP contribution in [0, 0.1) is 13.8 Å². The van der Waals surface area contributed by atoms with E-state index in [1.807, 2.05) is 47.5 Å². The van der Waals surface area contributed by atoms with E-state index < -0.39 is 11.7 Å². The molecule has 38 heavy (non-hydrogen) atoms. The summed E-state index contributed by atoms with van der Waals surface area (Å²) in [7, 11) is 0. The maximum absolute atomic E-state index is 13.2. The quantitative estimate of drug-likeness (QED) is 0.221. The molecule has 1 heterocycles. The second-order valence-corrected chi connectivity index (χ2v) is 10.2. The van der Waals surface area contributed by atoms with Crippen LogP contribution in [0.25, 0.3) is 0 Å². The number of thiocarbonyl (C=S) groups is 1. The third-order valence-electron chi connectivity index (χ3n) is 6.43. The van der Waals surface area contributed by atoms with Crippen molar-refractivity contribution in [2.24, 2.45) is 0 Å². The summed E-state index contributed by atoms with van der Waals surface area (Å²) >= 11 is 11.7. The van der Waals surface area contributed by atoms with Gasteiger partial charge in [0.25, 0.3) is 0 Å². The largest absolute Gasteiger partial charge is 0.416 e. The normalized spacial score (nSPS) is 11.4. The van der Waals surface area contributed by atoms with Gasteiger partial charge in [0.05, 0.1) is 12.1 Å². The predicted molar refractivity (Wildman–Crippen MR) is 153 cm³/mol. The van der Waals surface area contributed by atoms with Crippen molar-refractivity contribution in [1.29, 1.82) is 0 Å². The molecule has 4 rings (SSSR count). The van der Waals surface area contributed by atoms with Gasteiger partial charge in [0, 0.05) is 35.7 Å². The number of rotatable bonds is 8. The van der Waals surface area contributed by atoms with Gasteiger partial charge >= 0.3 is 6.18 Å². The van der Waals surface area contributed by atoms with Crippen LogP contribution in [0.1, 0.15) is 33.5 Å². The molecule has 0 saturated carbocycles. The second-order valence-electron chi connectivity index (χ2n) is 9.36. The Labute approximate surface area is 231 Å². The van der Waals surface area contributed by atoms with Gasteiger partial charge in [-0.1, -0.05) is 53.6 Å². The van der Waals surface area contributed by atoms with E-state index in [-0.39, 0.29) is 0 Å². The van der Waals surface area contributed by atoms with Gasteiger partial charge in [0.1, 0.15) is 0 Å². The fourth-order valence-electron chi connectivity index (χ4n) is 4.29. The molecule has 198 valence electrons. The molecular formula is C30H29ClF3N3S. The van der Waals surface area contributed by atoms with E-state index in [2.05, 4.69) is 41.9 Å². The summed E-state index contributed by atoms with van der Waals surface area (Å²) in [6.45, 7) is 5.97. The van der Waals surface area contributed by atoms with Crippen molar-refractivity contribution in [3.05, 3.63) is 124 Å². The number of anilines is 1. The summed E-state index contributed by atoms with van der Waals surface area (Å²) in [5.41, 5.74) is 5.39. The van der Waals surface area contributed by atoms with Crippen LogP contribution in [-0.2, 0) is 25.7 Å². The molecule has 0 aliphatic rings. The van der Waals surface area contributed by atoms with E-state index in [9.17, 15) is 13.2 Å². The van der Waals surface area contributed by atoms with Crippen LogP contribution >= 0.6 is 23.8 Å². The minimum Gasteiger partial charge on any atom is -0.345 e. The Kier molecular flexibility index (Phi) is 8.80. The van der Waals surface area contributed by atoms with Crippen molar-refractivity contribution in [1.82, 2.24) is 9.47 Å². The van der Waals surface area contributed by atoms with E-state index in [1.165, 1.54) is 22.8 Å². The first-order valence-electron chi connectivity index (χ1n) is 12.3. The fourth-order valence-corrected chi connectivity index (χ4v) is 4.69. The number of benzene rings is 3. The molecule has 8 heteroatoms. The van der Waals surface area contributed by atoms with Crippen molar-refractivity contribution >= 4 is 34.6 Å². The highest BCUT2D eigenvalue weighted by Gasteiger charge is 2.30. The minimum atomic E-state index is -4.43. The number of nitrogens with zero attached hydrogens (tertiary/aromatic N) is 2. The lowest BCUT2D eigenvalue weighted by atomic mass is 10.1. The number of halogens is 4. The summed E-state index contributed by atoms with van der Waals surface area (Å²) in [4.78, 5) is 1.98. The van der Waals surface area contributed by atoms with Gasteiger partial charge in [-0.2, -0.15) is 13.2 Å². The van der Waals surface area contributed by atoms with Gasteiger partial charge in [-0.25, -0.2) is 0 Å². The topological polar surface area (TPSA) is 20.2 Å². The summed E-state index contributed by atoms with van der Waals surface area (Å²) in [5.74, 6) is 0. The molecule has 1 aromatic heterocycles. The fraction of sp³-hybridized carbons (Fsp3) is 0.233. The summed E-state index contributed by atoms with van der Waals surface area (Å²) in [6.07, 6.45) is -1.70. The number of hydrogen-bond acceptors (Lipinski definition) is 1. The van der Waals surface area contributed by atoms with E-state index in [4.69, 9.17) is 23.8 Å². The molecule has 0 unspecified atom stereocenters. The smallest absolute Gasteiger partial charge is 0.345 e. The Balaban J connectivity index is 1.55. The monoisotopic (exact) mass is 555 g/mol. The Morgan fingerprint density at radius 3 is 2.45 bits per heavy atom. The molecule has 3 nitrogen and oxygen atoms in total. The summed E-state index contributed by atoms with van der Waals surface area (Å²) in [5, 5.41) is 4.05. The molecule has 0 aliphatic heterocycles. The molecule has 0 bridgehead atoms. The van der Waals surface area contributed by atoms with Crippen molar-refractivity contribution in [2.45, 2.75) is 39.5 Å². The highest BCUT2D eigenvalue weighted by Crippen LogP contribution is 2.30. The SMILES string of the molecule is Cc1ccc(Cn2cccc2CN(CCc2ccc(Cl)cc2)C(=S)Nc2cccc(C(F)(F)F)c2)c(C)c1. The van der Waals surface area contributed by atoms with E-state index in [0.29, 0.717) is 41.9 Å². The number of aromatic nitrogens is 1. The van der Waals surface area contributed by atoms with Gasteiger partial charge in [-0.15, -0.1) is 0 Å². The molecule has 4 aromatic rings. The van der Waals surface area contributed by atoms with Crippen molar-refractivity contribution in [2.75, 3.05) is 11.9 Å². The average molecular weight is 556 g/mol. The number of hydrogen-bond donors (Lipinski definition) is 1. The highest BCUT2D eigenvalue weighted by molar-refractivity contribution is 7.80. The van der Waals surface area contributed by atoms with E-state index in [1.54, 1.807) is 6.07 Å². The van der Waals surface area contributed by atoms with Crippen molar-refractivity contribution < 1.29 is 13.2 Å². The van der Waals surface area contributed by atoms with Gasteiger partial charge in [0.15, 0.2) is 5.11 Å². The molecule has 0 fully saturated rings. The van der Waals surface area contributed by atoms with Crippen LogP contribution in [0.2, 0.25) is 5.02 Å². The first kappa shape index (κ1) is 27.7. The molecule has 0 aliphatic carbocycles. The van der Waals surface area contributed by atoms with Gasteiger partial charge in [0.2, 0.25) is 0 Å². The summed E-state index contributed by atoms with van der Waals surface area (Å²) in [6, 6.07) is 23.2. The molecule has 3 aromatic carbocycles. The van der Waals surface area contributed by atoms with Crippen LogP contribution < -0.4 is 5.32 Å². The zero-order valence-corrected chi connectivity index (χ0v) is 22.8. The maximum atomic E-state index is 13.2. The predicted octanol–water partition coefficient (Wildman–Crippen LogP) is 8.27. The molecular weight excluding hydrogens is 527 g/mol. The Morgan fingerprint density at radius 1 is 0.974 bits per heavy atom. The van der Waals surface area contributed by atoms with Crippen LogP contribution in [0.3, 0.4) is 0 Å². The zero-order chi connectivity index (χ0) is 27.3. The molecule has 0 radical (unpaired) electrons. The van der Waals surface area contributed by atoms with Crippen LogP contribution in [0.5, 0.6) is 0 Å². The lowest BCUT2D eigenvalue weighted by Crippen LogP contribution is -2.36. The first-order chi connectivity index (χ1) is 18.1. The minimum absolute atomic E-state index is 0.298. The Morgan fingerprint density at radius 2 is 1.74 bits per heavy atom. The second kappa shape index (κ2) is 12.0. The summed E-state index contributed by atoms with van der Waals surface area (Å²) < 4.78 is 41.9. The van der Waals surface area contributed by atoms with Crippen molar-refractivity contribution in [3.63, 3.8) is 0 Å². The molecule has 0 amide bonds.